The van der Waals surface area contributed by atoms with Gasteiger partial charge in [0.25, 0.3) is 0 Å². The predicted molar refractivity (Wildman–Crippen MR) is 106 cm³/mol. The van der Waals surface area contributed by atoms with Crippen LogP contribution in [0, 0.1) is 0 Å². The molecule has 9 heteroatoms. The summed E-state index contributed by atoms with van der Waals surface area (Å²) >= 11 is 9.42. The van der Waals surface area contributed by atoms with Crippen LogP contribution < -0.4 is 10.5 Å². The van der Waals surface area contributed by atoms with Crippen molar-refractivity contribution in [1.82, 2.24) is 14.5 Å². The van der Waals surface area contributed by atoms with E-state index in [-0.39, 0.29) is 23.1 Å². The fourth-order valence-electron chi connectivity index (χ4n) is 3.83. The van der Waals surface area contributed by atoms with Crippen molar-refractivity contribution in [1.29, 1.82) is 0 Å². The molecule has 4 atom stereocenters. The Balaban J connectivity index is 1.74. The largest absolute Gasteiger partial charge is 0.497 e. The Morgan fingerprint density at radius 2 is 2.04 bits per heavy atom. The van der Waals surface area contributed by atoms with Crippen LogP contribution in [0.2, 0.25) is 5.28 Å². The van der Waals surface area contributed by atoms with Crippen LogP contribution in [0.1, 0.15) is 23.9 Å². The third-order valence-corrected chi connectivity index (χ3v) is 5.77. The van der Waals surface area contributed by atoms with Gasteiger partial charge in [-0.2, -0.15) is 4.98 Å². The SMILES string of the molecule is COc1cc(Br)cc([C@H]2C[C@@H](n3ccc4c(N)nc(Cl)nc43)[C@H](O)[C@@H]2O)c1. The van der Waals surface area contributed by atoms with Crippen LogP contribution in [0.3, 0.4) is 0 Å². The number of aliphatic hydroxyl groups excluding tert-OH is 2. The summed E-state index contributed by atoms with van der Waals surface area (Å²) in [6.45, 7) is 0. The van der Waals surface area contributed by atoms with Gasteiger partial charge in [-0.1, -0.05) is 15.9 Å². The number of anilines is 1. The molecule has 27 heavy (non-hydrogen) atoms. The van der Waals surface area contributed by atoms with E-state index in [0.717, 1.165) is 10.0 Å². The summed E-state index contributed by atoms with van der Waals surface area (Å²) in [5.74, 6) is 0.705. The molecule has 142 valence electrons. The number of halogens is 2. The number of rotatable bonds is 3. The van der Waals surface area contributed by atoms with Gasteiger partial charge in [-0.3, -0.25) is 0 Å². The second kappa shape index (κ2) is 6.94. The normalized spacial score (nSPS) is 25.2. The molecule has 4 rings (SSSR count). The van der Waals surface area contributed by atoms with E-state index in [0.29, 0.717) is 23.2 Å². The topological polar surface area (TPSA) is 106 Å². The van der Waals surface area contributed by atoms with Crippen molar-refractivity contribution in [2.45, 2.75) is 30.6 Å². The lowest BCUT2D eigenvalue weighted by Crippen LogP contribution is -2.28. The quantitative estimate of drug-likeness (QED) is 0.527. The zero-order valence-electron chi connectivity index (χ0n) is 14.4. The number of aromatic nitrogens is 3. The first kappa shape index (κ1) is 18.5. The monoisotopic (exact) mass is 452 g/mol. The van der Waals surface area contributed by atoms with Gasteiger partial charge in [-0.25, -0.2) is 4.98 Å². The molecular formula is C18H18BrClN4O3. The van der Waals surface area contributed by atoms with Crippen LogP contribution in [0.15, 0.2) is 34.9 Å². The Morgan fingerprint density at radius 3 is 2.78 bits per heavy atom. The third kappa shape index (κ3) is 3.16. The summed E-state index contributed by atoms with van der Waals surface area (Å²) < 4.78 is 7.97. The van der Waals surface area contributed by atoms with Gasteiger partial charge in [-0.05, 0) is 47.9 Å². The Morgan fingerprint density at radius 1 is 1.26 bits per heavy atom. The Kier molecular flexibility index (Phi) is 4.75. The zero-order chi connectivity index (χ0) is 19.3. The zero-order valence-corrected chi connectivity index (χ0v) is 16.7. The number of benzene rings is 1. The highest BCUT2D eigenvalue weighted by molar-refractivity contribution is 9.10. The number of nitrogens with two attached hydrogens (primary N) is 1. The highest BCUT2D eigenvalue weighted by Gasteiger charge is 2.43. The van der Waals surface area contributed by atoms with Gasteiger partial charge in [-0.15, -0.1) is 0 Å². The molecule has 2 aromatic heterocycles. The van der Waals surface area contributed by atoms with Gasteiger partial charge in [0.15, 0.2) is 0 Å². The molecule has 4 N–H and O–H groups in total. The third-order valence-electron chi connectivity index (χ3n) is 5.14. The van der Waals surface area contributed by atoms with Crippen molar-refractivity contribution in [2.75, 3.05) is 12.8 Å². The van der Waals surface area contributed by atoms with Gasteiger partial charge >= 0.3 is 0 Å². The van der Waals surface area contributed by atoms with Gasteiger partial charge in [0, 0.05) is 16.6 Å². The molecular weight excluding hydrogens is 436 g/mol. The number of aliphatic hydroxyl groups is 2. The van der Waals surface area contributed by atoms with E-state index in [1.165, 1.54) is 0 Å². The van der Waals surface area contributed by atoms with Gasteiger partial charge < -0.3 is 25.3 Å². The predicted octanol–water partition coefficient (Wildman–Crippen LogP) is 2.89. The molecule has 1 aliphatic rings. The molecule has 3 aromatic rings. The van der Waals surface area contributed by atoms with E-state index >= 15 is 0 Å². The molecule has 0 amide bonds. The van der Waals surface area contributed by atoms with E-state index in [9.17, 15) is 10.2 Å². The number of nitrogens with zero attached hydrogens (tertiary/aromatic N) is 3. The van der Waals surface area contributed by atoms with Crippen molar-refractivity contribution in [3.8, 4) is 5.75 Å². The smallest absolute Gasteiger partial charge is 0.226 e. The molecule has 0 bridgehead atoms. The summed E-state index contributed by atoms with van der Waals surface area (Å²) in [4.78, 5) is 8.21. The standard InChI is InChI=1S/C18H18BrClN4O3/c1-27-10-5-8(4-9(19)6-10)12-7-13(15(26)14(12)25)24-3-2-11-16(21)22-18(20)23-17(11)24/h2-6,12-15,25-26H,7H2,1H3,(H2,21,22,23)/t12-,13-,14-,15+/m1/s1. The van der Waals surface area contributed by atoms with Crippen LogP contribution in [0.25, 0.3) is 11.0 Å². The number of ether oxygens (including phenoxy) is 1. The second-order valence-electron chi connectivity index (χ2n) is 6.65. The molecule has 0 saturated heterocycles. The second-order valence-corrected chi connectivity index (χ2v) is 7.91. The Bertz CT molecular complexity index is 1010. The summed E-state index contributed by atoms with van der Waals surface area (Å²) in [7, 11) is 1.59. The van der Waals surface area contributed by atoms with E-state index in [2.05, 4.69) is 25.9 Å². The molecule has 1 fully saturated rings. The minimum Gasteiger partial charge on any atom is -0.497 e. The fraction of sp³-hybridized carbons (Fsp3) is 0.333. The molecule has 0 radical (unpaired) electrons. The highest BCUT2D eigenvalue weighted by atomic mass is 79.9. The fourth-order valence-corrected chi connectivity index (χ4v) is 4.49. The lowest BCUT2D eigenvalue weighted by atomic mass is 9.95. The van der Waals surface area contributed by atoms with Gasteiger partial charge in [0.2, 0.25) is 5.28 Å². The number of nitrogen functional groups attached to an aromatic ring is 1. The number of hydrogen-bond acceptors (Lipinski definition) is 6. The molecule has 1 saturated carbocycles. The maximum atomic E-state index is 10.7. The summed E-state index contributed by atoms with van der Waals surface area (Å²) in [6, 6.07) is 7.06. The lowest BCUT2D eigenvalue weighted by molar-refractivity contribution is 0.0178. The van der Waals surface area contributed by atoms with Gasteiger partial charge in [0.05, 0.1) is 24.6 Å². The van der Waals surface area contributed by atoms with Crippen molar-refractivity contribution in [3.05, 3.63) is 45.8 Å². The minimum atomic E-state index is -0.967. The van der Waals surface area contributed by atoms with E-state index in [4.69, 9.17) is 22.1 Å². The van der Waals surface area contributed by atoms with Crippen LogP contribution in [0.4, 0.5) is 5.82 Å². The van der Waals surface area contributed by atoms with Crippen molar-refractivity contribution in [2.24, 2.45) is 0 Å². The van der Waals surface area contributed by atoms with E-state index in [1.54, 1.807) is 19.4 Å². The van der Waals surface area contributed by atoms with E-state index in [1.807, 2.05) is 22.8 Å². The van der Waals surface area contributed by atoms with Crippen LogP contribution in [-0.4, -0.2) is 44.1 Å². The molecule has 0 aliphatic heterocycles. The Hall–Kier alpha value is -1.87. The first-order valence-electron chi connectivity index (χ1n) is 8.39. The lowest BCUT2D eigenvalue weighted by Gasteiger charge is -2.19. The average Bonchev–Trinajstić information content (AvgIpc) is 3.16. The molecule has 0 spiro atoms. The minimum absolute atomic E-state index is 0.0428. The first-order chi connectivity index (χ1) is 12.9. The Labute approximate surface area is 168 Å². The average molecular weight is 454 g/mol. The van der Waals surface area contributed by atoms with E-state index < -0.39 is 12.2 Å². The highest BCUT2D eigenvalue weighted by Crippen LogP contribution is 2.44. The number of fused-ring (bicyclic) bond motifs is 1. The first-order valence-corrected chi connectivity index (χ1v) is 9.56. The summed E-state index contributed by atoms with van der Waals surface area (Å²) in [6.07, 6.45) is 0.413. The van der Waals surface area contributed by atoms with Crippen LogP contribution in [0.5, 0.6) is 5.75 Å². The number of hydrogen-bond donors (Lipinski definition) is 3. The summed E-state index contributed by atoms with van der Waals surface area (Å²) in [5, 5.41) is 22.1. The maximum absolute atomic E-state index is 10.7. The maximum Gasteiger partial charge on any atom is 0.226 e. The van der Waals surface area contributed by atoms with Crippen LogP contribution >= 0.6 is 27.5 Å². The molecule has 1 aromatic carbocycles. The molecule has 1 aliphatic carbocycles. The van der Waals surface area contributed by atoms with Crippen molar-refractivity contribution >= 4 is 44.4 Å². The summed E-state index contributed by atoms with van der Waals surface area (Å²) in [5.41, 5.74) is 7.34. The molecule has 7 nitrogen and oxygen atoms in total. The number of methoxy groups -OCH3 is 1. The molecule has 2 heterocycles. The molecule has 0 unspecified atom stereocenters. The van der Waals surface area contributed by atoms with Crippen molar-refractivity contribution in [3.63, 3.8) is 0 Å². The van der Waals surface area contributed by atoms with Crippen LogP contribution in [-0.2, 0) is 0 Å². The van der Waals surface area contributed by atoms with Gasteiger partial charge in [0.1, 0.15) is 23.3 Å². The van der Waals surface area contributed by atoms with Crippen molar-refractivity contribution < 1.29 is 14.9 Å².